The molecule has 0 unspecified atom stereocenters. The highest BCUT2D eigenvalue weighted by atomic mass is 14.9. The third-order valence-corrected chi connectivity index (χ3v) is 10.5. The molecule has 6 aromatic rings. The van der Waals surface area contributed by atoms with Crippen molar-refractivity contribution in [2.45, 2.75) is 77.0 Å². The number of aromatic amines is 6. The quantitative estimate of drug-likeness (QED) is 0.0988. The SMILES string of the molecule is CC1(C)c2ccc([nH]2)/C=C\c2ccc([nH]2)C(C)(C)c2ccc1[nH]2.CC1(C)c2ccc([nH]2)/C=C\c2ccc([nH]2)C(C)(C)c2ccc1[nH]2. The maximum atomic E-state index is 3.67. The molecule has 6 N–H and O–H groups in total. The van der Waals surface area contributed by atoms with E-state index in [1.807, 2.05) is 0 Å². The van der Waals surface area contributed by atoms with E-state index < -0.39 is 0 Å². The van der Waals surface area contributed by atoms with Crippen LogP contribution in [0.4, 0.5) is 0 Å². The van der Waals surface area contributed by atoms with Gasteiger partial charge in [0.25, 0.3) is 0 Å². The Balaban J connectivity index is 0.000000147. The number of hydrogen-bond donors (Lipinski definition) is 6. The van der Waals surface area contributed by atoms with Gasteiger partial charge in [-0.15, -0.1) is 0 Å². The van der Waals surface area contributed by atoms with Crippen LogP contribution in [-0.4, -0.2) is 29.9 Å². The molecular formula is C40H46N6. The Hall–Kier alpha value is -4.84. The summed E-state index contributed by atoms with van der Waals surface area (Å²) in [6.45, 7) is 18.0. The van der Waals surface area contributed by atoms with E-state index in [9.17, 15) is 0 Å². The molecular weight excluding hydrogens is 564 g/mol. The van der Waals surface area contributed by atoms with Gasteiger partial charge in [0.1, 0.15) is 0 Å². The van der Waals surface area contributed by atoms with Crippen molar-refractivity contribution in [2.24, 2.45) is 0 Å². The first-order chi connectivity index (χ1) is 21.7. The third-order valence-electron chi connectivity index (χ3n) is 10.5. The molecule has 6 nitrogen and oxygen atoms in total. The van der Waals surface area contributed by atoms with E-state index in [2.05, 4.69) is 182 Å². The Morgan fingerprint density at radius 2 is 0.435 bits per heavy atom. The van der Waals surface area contributed by atoms with Gasteiger partial charge >= 0.3 is 0 Å². The Labute approximate surface area is 271 Å². The van der Waals surface area contributed by atoms with Gasteiger partial charge in [-0.25, -0.2) is 0 Å². The average Bonchev–Trinajstić information content (AvgIpc) is 3.85. The summed E-state index contributed by atoms with van der Waals surface area (Å²) >= 11 is 0. The van der Waals surface area contributed by atoms with E-state index in [4.69, 9.17) is 0 Å². The van der Waals surface area contributed by atoms with Crippen LogP contribution in [0.5, 0.6) is 0 Å². The molecule has 0 atom stereocenters. The molecule has 8 heterocycles. The summed E-state index contributed by atoms with van der Waals surface area (Å²) in [5, 5.41) is 0. The van der Waals surface area contributed by atoms with Crippen molar-refractivity contribution in [3.8, 4) is 0 Å². The molecule has 2 aliphatic heterocycles. The molecule has 6 aromatic heterocycles. The standard InChI is InChI=1S/2C20H23N3/c2*1-19(2)15-9-7-13(21-15)5-6-14-8-10-16(22-14)20(3,4)18-12-11-17(19)23-18/h2*5-12,21-23H,1-4H3/b2*6-5-. The van der Waals surface area contributed by atoms with Crippen LogP contribution in [0.3, 0.4) is 0 Å². The number of aromatic nitrogens is 6. The van der Waals surface area contributed by atoms with E-state index in [0.717, 1.165) is 22.8 Å². The minimum atomic E-state index is -0.0887. The average molecular weight is 611 g/mol. The Morgan fingerprint density at radius 1 is 0.261 bits per heavy atom. The second kappa shape index (κ2) is 10.3. The van der Waals surface area contributed by atoms with Crippen molar-refractivity contribution in [1.29, 1.82) is 0 Å². The fourth-order valence-corrected chi connectivity index (χ4v) is 6.68. The van der Waals surface area contributed by atoms with Gasteiger partial charge in [-0.3, -0.25) is 0 Å². The van der Waals surface area contributed by atoms with Crippen molar-refractivity contribution >= 4 is 24.3 Å². The highest BCUT2D eigenvalue weighted by molar-refractivity contribution is 5.68. The largest absolute Gasteiger partial charge is 0.361 e. The molecule has 236 valence electrons. The van der Waals surface area contributed by atoms with Gasteiger partial charge < -0.3 is 29.9 Å². The predicted octanol–water partition coefficient (Wildman–Crippen LogP) is 9.61. The monoisotopic (exact) mass is 610 g/mol. The molecule has 6 heteroatoms. The van der Waals surface area contributed by atoms with Crippen molar-refractivity contribution in [3.05, 3.63) is 141 Å². The zero-order chi connectivity index (χ0) is 32.5. The minimum Gasteiger partial charge on any atom is -0.361 e. The molecule has 0 aliphatic carbocycles. The lowest BCUT2D eigenvalue weighted by Crippen LogP contribution is -2.23. The van der Waals surface area contributed by atoms with Crippen LogP contribution >= 0.6 is 0 Å². The van der Waals surface area contributed by atoms with E-state index in [0.29, 0.717) is 0 Å². The molecule has 0 aromatic carbocycles. The topological polar surface area (TPSA) is 94.7 Å². The van der Waals surface area contributed by atoms with Crippen molar-refractivity contribution in [2.75, 3.05) is 0 Å². The van der Waals surface area contributed by atoms with E-state index in [1.165, 1.54) is 45.6 Å². The van der Waals surface area contributed by atoms with Gasteiger partial charge in [0.15, 0.2) is 0 Å². The summed E-state index contributed by atoms with van der Waals surface area (Å²) in [5.41, 5.74) is 13.9. The summed E-state index contributed by atoms with van der Waals surface area (Å²) in [7, 11) is 0. The van der Waals surface area contributed by atoms with Crippen LogP contribution in [0, 0.1) is 0 Å². The number of H-pyrrole nitrogens is 6. The molecule has 0 amide bonds. The van der Waals surface area contributed by atoms with E-state index in [1.54, 1.807) is 0 Å². The Kier molecular flexibility index (Phi) is 6.71. The van der Waals surface area contributed by atoms with Crippen LogP contribution in [-0.2, 0) is 21.7 Å². The number of nitrogens with one attached hydrogen (secondary N) is 6. The highest BCUT2D eigenvalue weighted by Gasteiger charge is 2.32. The zero-order valence-corrected chi connectivity index (χ0v) is 28.2. The Bertz CT molecular complexity index is 1770. The molecule has 0 saturated carbocycles. The summed E-state index contributed by atoms with van der Waals surface area (Å²) in [4.78, 5) is 21.5. The lowest BCUT2D eigenvalue weighted by molar-refractivity contribution is 0.573. The second-order valence-electron chi connectivity index (χ2n) is 15.0. The van der Waals surface area contributed by atoms with Crippen LogP contribution in [0.2, 0.25) is 0 Å². The van der Waals surface area contributed by atoms with Gasteiger partial charge in [0.2, 0.25) is 0 Å². The Morgan fingerprint density at radius 3 is 0.652 bits per heavy atom. The summed E-state index contributed by atoms with van der Waals surface area (Å²) < 4.78 is 0. The van der Waals surface area contributed by atoms with Crippen molar-refractivity contribution < 1.29 is 0 Å². The molecule has 8 rings (SSSR count). The third kappa shape index (κ3) is 4.97. The van der Waals surface area contributed by atoms with Gasteiger partial charge in [-0.2, -0.15) is 0 Å². The molecule has 12 bridgehead atoms. The summed E-state index contributed by atoms with van der Waals surface area (Å²) in [6, 6.07) is 26.1. The highest BCUT2D eigenvalue weighted by Crippen LogP contribution is 2.37. The van der Waals surface area contributed by atoms with Crippen LogP contribution < -0.4 is 0 Å². The van der Waals surface area contributed by atoms with Crippen LogP contribution in [0.25, 0.3) is 24.3 Å². The zero-order valence-electron chi connectivity index (χ0n) is 28.2. The lowest BCUT2D eigenvalue weighted by Gasteiger charge is -2.25. The second-order valence-corrected chi connectivity index (χ2v) is 15.0. The maximum absolute atomic E-state index is 3.67. The minimum absolute atomic E-state index is 0.0887. The first-order valence-corrected chi connectivity index (χ1v) is 16.3. The van der Waals surface area contributed by atoms with Crippen molar-refractivity contribution in [1.82, 2.24) is 29.9 Å². The maximum Gasteiger partial charge on any atom is 0.0447 e. The molecule has 0 radical (unpaired) electrons. The fourth-order valence-electron chi connectivity index (χ4n) is 6.68. The van der Waals surface area contributed by atoms with E-state index >= 15 is 0 Å². The molecule has 46 heavy (non-hydrogen) atoms. The predicted molar refractivity (Wildman–Crippen MR) is 191 cm³/mol. The van der Waals surface area contributed by atoms with Gasteiger partial charge in [-0.05, 0) is 152 Å². The molecule has 0 fully saturated rings. The lowest BCUT2D eigenvalue weighted by atomic mass is 9.85. The number of fused-ring (bicyclic) bond motifs is 12. The van der Waals surface area contributed by atoms with Crippen LogP contribution in [0.15, 0.2) is 72.8 Å². The van der Waals surface area contributed by atoms with E-state index in [-0.39, 0.29) is 21.7 Å². The van der Waals surface area contributed by atoms with Crippen molar-refractivity contribution in [3.63, 3.8) is 0 Å². The smallest absolute Gasteiger partial charge is 0.0447 e. The van der Waals surface area contributed by atoms with Crippen LogP contribution in [0.1, 0.15) is 124 Å². The first kappa shape index (κ1) is 29.8. The summed E-state index contributed by atoms with van der Waals surface area (Å²) in [5.74, 6) is 0. The number of hydrogen-bond acceptors (Lipinski definition) is 0. The summed E-state index contributed by atoms with van der Waals surface area (Å²) in [6.07, 6.45) is 8.50. The van der Waals surface area contributed by atoms with Gasteiger partial charge in [0, 0.05) is 90.0 Å². The molecule has 0 spiro atoms. The number of rotatable bonds is 0. The fraction of sp³-hybridized carbons (Fsp3) is 0.300. The molecule has 2 aliphatic rings. The van der Waals surface area contributed by atoms with Gasteiger partial charge in [0.05, 0.1) is 0 Å². The first-order valence-electron chi connectivity index (χ1n) is 16.3. The normalized spacial score (nSPS) is 19.5. The van der Waals surface area contributed by atoms with Gasteiger partial charge in [-0.1, -0.05) is 0 Å². The molecule has 0 saturated heterocycles.